The van der Waals surface area contributed by atoms with Gasteiger partial charge in [0.1, 0.15) is 12.6 Å². The zero-order valence-electron chi connectivity index (χ0n) is 13.5. The molecule has 23 heavy (non-hydrogen) atoms. The summed E-state index contributed by atoms with van der Waals surface area (Å²) in [6, 6.07) is 8.50. The highest BCUT2D eigenvalue weighted by Gasteiger charge is 2.21. The second-order valence-electron chi connectivity index (χ2n) is 5.85. The van der Waals surface area contributed by atoms with E-state index in [0.29, 0.717) is 18.8 Å². The minimum atomic E-state index is -1.12. The molecule has 0 aliphatic heterocycles. The van der Waals surface area contributed by atoms with Crippen LogP contribution in [-0.4, -0.2) is 35.5 Å². The topological polar surface area (TPSA) is 95.5 Å². The molecule has 6 heteroatoms. The summed E-state index contributed by atoms with van der Waals surface area (Å²) in [5.41, 5.74) is 0.895. The van der Waals surface area contributed by atoms with Gasteiger partial charge in [-0.3, -0.25) is 14.4 Å². The second kappa shape index (κ2) is 9.61. The molecule has 0 aromatic heterocycles. The summed E-state index contributed by atoms with van der Waals surface area (Å²) in [6.07, 6.45) is 1.40. The highest BCUT2D eigenvalue weighted by Crippen LogP contribution is 2.06. The Hall–Kier alpha value is -2.37. The van der Waals surface area contributed by atoms with Crippen LogP contribution in [0.1, 0.15) is 32.3 Å². The van der Waals surface area contributed by atoms with E-state index in [9.17, 15) is 14.4 Å². The number of rotatable bonds is 9. The van der Waals surface area contributed by atoms with Crippen LogP contribution in [0.5, 0.6) is 0 Å². The Morgan fingerprint density at radius 2 is 1.78 bits per heavy atom. The number of hydrogen-bond acceptors (Lipinski definition) is 3. The summed E-state index contributed by atoms with van der Waals surface area (Å²) in [7, 11) is 0. The largest absolute Gasteiger partial charge is 0.480 e. The van der Waals surface area contributed by atoms with Crippen molar-refractivity contribution in [2.45, 2.75) is 39.2 Å². The van der Waals surface area contributed by atoms with Gasteiger partial charge >= 0.3 is 5.97 Å². The lowest BCUT2D eigenvalue weighted by atomic mass is 10.0. The van der Waals surface area contributed by atoms with Gasteiger partial charge in [0.2, 0.25) is 11.8 Å². The van der Waals surface area contributed by atoms with E-state index < -0.39 is 24.5 Å². The molecule has 0 saturated heterocycles. The first-order valence-corrected chi connectivity index (χ1v) is 7.71. The van der Waals surface area contributed by atoms with Crippen LogP contribution < -0.4 is 10.6 Å². The summed E-state index contributed by atoms with van der Waals surface area (Å²) in [5, 5.41) is 13.7. The van der Waals surface area contributed by atoms with Crippen LogP contribution >= 0.6 is 0 Å². The average molecular weight is 320 g/mol. The molecule has 0 heterocycles. The lowest BCUT2D eigenvalue weighted by molar-refractivity contribution is -0.138. The van der Waals surface area contributed by atoms with Crippen LogP contribution in [0.15, 0.2) is 30.3 Å². The minimum Gasteiger partial charge on any atom is -0.480 e. The predicted octanol–water partition coefficient (Wildman–Crippen LogP) is 1.35. The molecule has 6 nitrogen and oxygen atoms in total. The van der Waals surface area contributed by atoms with Crippen molar-refractivity contribution in [1.82, 2.24) is 10.6 Å². The predicted molar refractivity (Wildman–Crippen MR) is 86.8 cm³/mol. The van der Waals surface area contributed by atoms with Crippen LogP contribution in [0.4, 0.5) is 0 Å². The zero-order valence-corrected chi connectivity index (χ0v) is 13.5. The maximum Gasteiger partial charge on any atom is 0.322 e. The van der Waals surface area contributed by atoms with Gasteiger partial charge in [-0.25, -0.2) is 0 Å². The number of carbonyl (C=O) groups is 3. The molecule has 0 radical (unpaired) electrons. The van der Waals surface area contributed by atoms with Crippen molar-refractivity contribution < 1.29 is 19.5 Å². The first-order chi connectivity index (χ1) is 10.9. The van der Waals surface area contributed by atoms with Gasteiger partial charge in [0.25, 0.3) is 0 Å². The van der Waals surface area contributed by atoms with E-state index in [2.05, 4.69) is 10.6 Å². The maximum atomic E-state index is 12.1. The number of amides is 2. The third-order valence-corrected chi connectivity index (χ3v) is 3.30. The van der Waals surface area contributed by atoms with E-state index in [-0.39, 0.29) is 5.91 Å². The highest BCUT2D eigenvalue weighted by atomic mass is 16.4. The van der Waals surface area contributed by atoms with Crippen molar-refractivity contribution in [3.8, 4) is 0 Å². The van der Waals surface area contributed by atoms with Crippen LogP contribution in [0.3, 0.4) is 0 Å². The van der Waals surface area contributed by atoms with Crippen molar-refractivity contribution in [3.05, 3.63) is 35.9 Å². The minimum absolute atomic E-state index is 0.204. The SMILES string of the molecule is CC(C)CCC(=O)NC(Cc1ccccc1)C(=O)NCC(=O)O. The van der Waals surface area contributed by atoms with E-state index >= 15 is 0 Å². The van der Waals surface area contributed by atoms with Crippen LogP contribution in [0, 0.1) is 5.92 Å². The fraction of sp³-hybridized carbons (Fsp3) is 0.471. The fourth-order valence-corrected chi connectivity index (χ4v) is 2.03. The molecule has 0 spiro atoms. The molecule has 0 saturated carbocycles. The summed E-state index contributed by atoms with van der Waals surface area (Å²) < 4.78 is 0. The normalized spacial score (nSPS) is 11.8. The van der Waals surface area contributed by atoms with Crippen LogP contribution in [0.25, 0.3) is 0 Å². The maximum absolute atomic E-state index is 12.1. The standard InChI is InChI=1S/C17H24N2O4/c1-12(2)8-9-15(20)19-14(17(23)18-11-16(21)22)10-13-6-4-3-5-7-13/h3-7,12,14H,8-11H2,1-2H3,(H,18,23)(H,19,20)(H,21,22). The number of aliphatic carboxylic acids is 1. The molecule has 1 unspecified atom stereocenters. The van der Waals surface area contributed by atoms with Gasteiger partial charge in [-0.05, 0) is 17.9 Å². The molecule has 126 valence electrons. The van der Waals surface area contributed by atoms with Crippen LogP contribution in [-0.2, 0) is 20.8 Å². The highest BCUT2D eigenvalue weighted by molar-refractivity contribution is 5.89. The summed E-state index contributed by atoms with van der Waals surface area (Å²) in [6.45, 7) is 3.58. The third kappa shape index (κ3) is 7.99. The van der Waals surface area contributed by atoms with Crippen LogP contribution in [0.2, 0.25) is 0 Å². The molecule has 0 fully saturated rings. The average Bonchev–Trinajstić information content (AvgIpc) is 2.51. The molecule has 1 atom stereocenters. The first kappa shape index (κ1) is 18.7. The Morgan fingerprint density at radius 1 is 1.13 bits per heavy atom. The smallest absolute Gasteiger partial charge is 0.322 e. The summed E-state index contributed by atoms with van der Waals surface area (Å²) >= 11 is 0. The van der Waals surface area contributed by atoms with Crippen molar-refractivity contribution in [2.24, 2.45) is 5.92 Å². The molecule has 1 aromatic carbocycles. The van der Waals surface area contributed by atoms with E-state index in [1.165, 1.54) is 0 Å². The Balaban J connectivity index is 2.69. The Morgan fingerprint density at radius 3 is 2.35 bits per heavy atom. The van der Waals surface area contributed by atoms with Gasteiger partial charge in [-0.1, -0.05) is 44.2 Å². The van der Waals surface area contributed by atoms with Gasteiger partial charge in [0.05, 0.1) is 0 Å². The molecule has 0 bridgehead atoms. The quantitative estimate of drug-likeness (QED) is 0.640. The number of hydrogen-bond donors (Lipinski definition) is 3. The van der Waals surface area contributed by atoms with Gasteiger partial charge in [0.15, 0.2) is 0 Å². The molecule has 1 rings (SSSR count). The van der Waals surface area contributed by atoms with Gasteiger partial charge in [0, 0.05) is 12.8 Å². The lowest BCUT2D eigenvalue weighted by Gasteiger charge is -2.18. The Labute approximate surface area is 136 Å². The summed E-state index contributed by atoms with van der Waals surface area (Å²) in [4.78, 5) is 34.7. The van der Waals surface area contributed by atoms with E-state index in [1.54, 1.807) is 0 Å². The number of carbonyl (C=O) groups excluding carboxylic acids is 2. The number of carboxylic acids is 1. The van der Waals surface area contributed by atoms with E-state index in [1.807, 2.05) is 44.2 Å². The summed E-state index contributed by atoms with van der Waals surface area (Å²) in [5.74, 6) is -1.42. The monoisotopic (exact) mass is 320 g/mol. The molecule has 2 amide bonds. The number of carboxylic acid groups (broad SMARTS) is 1. The van der Waals surface area contributed by atoms with Crippen molar-refractivity contribution in [2.75, 3.05) is 6.54 Å². The molecule has 0 aliphatic rings. The molecule has 1 aromatic rings. The van der Waals surface area contributed by atoms with Gasteiger partial charge < -0.3 is 15.7 Å². The van der Waals surface area contributed by atoms with Gasteiger partial charge in [-0.2, -0.15) is 0 Å². The molecular formula is C17H24N2O4. The second-order valence-corrected chi connectivity index (χ2v) is 5.85. The lowest BCUT2D eigenvalue weighted by Crippen LogP contribution is -2.49. The van der Waals surface area contributed by atoms with E-state index in [0.717, 1.165) is 12.0 Å². The van der Waals surface area contributed by atoms with Crippen molar-refractivity contribution >= 4 is 17.8 Å². The van der Waals surface area contributed by atoms with Crippen molar-refractivity contribution in [3.63, 3.8) is 0 Å². The first-order valence-electron chi connectivity index (χ1n) is 7.71. The molecule has 3 N–H and O–H groups in total. The zero-order chi connectivity index (χ0) is 17.2. The number of nitrogens with one attached hydrogen (secondary N) is 2. The van der Waals surface area contributed by atoms with E-state index in [4.69, 9.17) is 5.11 Å². The fourth-order valence-electron chi connectivity index (χ4n) is 2.03. The Bertz CT molecular complexity index is 529. The number of benzene rings is 1. The molecular weight excluding hydrogens is 296 g/mol. The van der Waals surface area contributed by atoms with Crippen molar-refractivity contribution in [1.29, 1.82) is 0 Å². The van der Waals surface area contributed by atoms with Gasteiger partial charge in [-0.15, -0.1) is 0 Å². The molecule has 0 aliphatic carbocycles. The Kier molecular flexibility index (Phi) is 7.80. The third-order valence-electron chi connectivity index (χ3n) is 3.30.